The number of hydrogen-bond donors (Lipinski definition) is 1. The Morgan fingerprint density at radius 1 is 1.57 bits per heavy atom. The number of rotatable bonds is 6. The summed E-state index contributed by atoms with van der Waals surface area (Å²) in [6, 6.07) is 5.08. The Morgan fingerprint density at radius 3 is 3.00 bits per heavy atom. The molecule has 1 N–H and O–H groups in total. The summed E-state index contributed by atoms with van der Waals surface area (Å²) in [5.74, 6) is 0.993. The Hall–Kier alpha value is -0.340. The molecule has 2 rings (SSSR count). The van der Waals surface area contributed by atoms with E-state index in [0.29, 0.717) is 6.04 Å². The Bertz CT molecular complexity index is 251. The van der Waals surface area contributed by atoms with Crippen LogP contribution in [0.2, 0.25) is 0 Å². The van der Waals surface area contributed by atoms with Crippen molar-refractivity contribution in [1.29, 1.82) is 0 Å². The highest BCUT2D eigenvalue weighted by Crippen LogP contribution is 2.28. The van der Waals surface area contributed by atoms with Crippen LogP contribution in [0.5, 0.6) is 0 Å². The quantitative estimate of drug-likeness (QED) is 0.759. The monoisotopic (exact) mass is 209 g/mol. The van der Waals surface area contributed by atoms with Gasteiger partial charge in [-0.3, -0.25) is 0 Å². The molecule has 1 aromatic rings. The van der Waals surface area contributed by atoms with E-state index in [1.807, 2.05) is 11.3 Å². The van der Waals surface area contributed by atoms with Gasteiger partial charge in [0.15, 0.2) is 0 Å². The molecular weight excluding hydrogens is 190 g/mol. The fraction of sp³-hybridized carbons (Fsp3) is 0.667. The molecule has 1 fully saturated rings. The molecular formula is C12H19NS. The van der Waals surface area contributed by atoms with Crippen molar-refractivity contribution < 1.29 is 0 Å². The van der Waals surface area contributed by atoms with Gasteiger partial charge in [0.1, 0.15) is 0 Å². The first-order valence-electron chi connectivity index (χ1n) is 5.64. The molecule has 2 heteroatoms. The summed E-state index contributed by atoms with van der Waals surface area (Å²) in [6.07, 6.45) is 5.34. The SMILES string of the molecule is CCC(Cc1cccs1)NCC1CC1. The summed E-state index contributed by atoms with van der Waals surface area (Å²) in [4.78, 5) is 1.51. The van der Waals surface area contributed by atoms with Gasteiger partial charge in [-0.15, -0.1) is 11.3 Å². The molecule has 1 aromatic heterocycles. The Labute approximate surface area is 90.5 Å². The normalized spacial score (nSPS) is 18.4. The molecule has 0 aliphatic heterocycles. The maximum atomic E-state index is 3.68. The van der Waals surface area contributed by atoms with Crippen LogP contribution in [0.1, 0.15) is 31.1 Å². The van der Waals surface area contributed by atoms with E-state index in [1.54, 1.807) is 0 Å². The molecule has 1 heterocycles. The lowest BCUT2D eigenvalue weighted by molar-refractivity contribution is 0.484. The van der Waals surface area contributed by atoms with Crippen LogP contribution in [0.25, 0.3) is 0 Å². The van der Waals surface area contributed by atoms with E-state index in [9.17, 15) is 0 Å². The highest BCUT2D eigenvalue weighted by molar-refractivity contribution is 7.09. The van der Waals surface area contributed by atoms with Gasteiger partial charge in [-0.25, -0.2) is 0 Å². The lowest BCUT2D eigenvalue weighted by Crippen LogP contribution is -2.31. The molecule has 14 heavy (non-hydrogen) atoms. The second kappa shape index (κ2) is 4.94. The van der Waals surface area contributed by atoms with Gasteiger partial charge in [-0.2, -0.15) is 0 Å². The second-order valence-corrected chi connectivity index (χ2v) is 5.27. The maximum absolute atomic E-state index is 3.68. The molecule has 1 atom stereocenters. The lowest BCUT2D eigenvalue weighted by atomic mass is 10.1. The van der Waals surface area contributed by atoms with Crippen LogP contribution in [0.15, 0.2) is 17.5 Å². The van der Waals surface area contributed by atoms with Crippen LogP contribution >= 0.6 is 11.3 Å². The van der Waals surface area contributed by atoms with Gasteiger partial charge in [0.05, 0.1) is 0 Å². The summed E-state index contributed by atoms with van der Waals surface area (Å²) in [5, 5.41) is 5.85. The molecule has 1 aliphatic carbocycles. The second-order valence-electron chi connectivity index (χ2n) is 4.24. The third-order valence-electron chi connectivity index (χ3n) is 2.91. The van der Waals surface area contributed by atoms with E-state index < -0.39 is 0 Å². The van der Waals surface area contributed by atoms with Crippen molar-refractivity contribution in [3.63, 3.8) is 0 Å². The fourth-order valence-corrected chi connectivity index (χ4v) is 2.47. The van der Waals surface area contributed by atoms with Crippen molar-refractivity contribution in [3.8, 4) is 0 Å². The van der Waals surface area contributed by atoms with Gasteiger partial charge in [-0.05, 0) is 49.6 Å². The zero-order valence-electron chi connectivity index (χ0n) is 8.83. The van der Waals surface area contributed by atoms with Gasteiger partial charge in [-0.1, -0.05) is 13.0 Å². The molecule has 1 saturated carbocycles. The number of hydrogen-bond acceptors (Lipinski definition) is 2. The molecule has 1 unspecified atom stereocenters. The molecule has 0 saturated heterocycles. The summed E-state index contributed by atoms with van der Waals surface area (Å²) < 4.78 is 0. The molecule has 0 bridgehead atoms. The van der Waals surface area contributed by atoms with E-state index in [1.165, 1.54) is 37.1 Å². The highest BCUT2D eigenvalue weighted by Gasteiger charge is 2.21. The van der Waals surface area contributed by atoms with Crippen LogP contribution in [-0.4, -0.2) is 12.6 Å². The zero-order valence-corrected chi connectivity index (χ0v) is 9.65. The molecule has 0 radical (unpaired) electrons. The zero-order chi connectivity index (χ0) is 9.80. The summed E-state index contributed by atoms with van der Waals surface area (Å²) in [7, 11) is 0. The van der Waals surface area contributed by atoms with E-state index >= 15 is 0 Å². The third-order valence-corrected chi connectivity index (χ3v) is 3.81. The first-order chi connectivity index (χ1) is 6.88. The Morgan fingerprint density at radius 2 is 2.43 bits per heavy atom. The third kappa shape index (κ3) is 3.10. The largest absolute Gasteiger partial charge is 0.313 e. The number of thiophene rings is 1. The van der Waals surface area contributed by atoms with E-state index in [2.05, 4.69) is 29.8 Å². The van der Waals surface area contributed by atoms with Crippen LogP contribution in [0, 0.1) is 5.92 Å². The predicted molar refractivity (Wildman–Crippen MR) is 62.8 cm³/mol. The van der Waals surface area contributed by atoms with Crippen LogP contribution in [0.4, 0.5) is 0 Å². The molecule has 1 aliphatic rings. The molecule has 0 amide bonds. The Balaban J connectivity index is 1.74. The maximum Gasteiger partial charge on any atom is 0.0113 e. The van der Waals surface area contributed by atoms with Gasteiger partial charge in [0.25, 0.3) is 0 Å². The summed E-state index contributed by atoms with van der Waals surface area (Å²) in [6.45, 7) is 3.52. The van der Waals surface area contributed by atoms with E-state index in [4.69, 9.17) is 0 Å². The van der Waals surface area contributed by atoms with Crippen LogP contribution in [0.3, 0.4) is 0 Å². The number of nitrogens with one attached hydrogen (secondary N) is 1. The average Bonchev–Trinajstić information content (AvgIpc) is 2.90. The van der Waals surface area contributed by atoms with E-state index in [0.717, 1.165) is 5.92 Å². The Kier molecular flexibility index (Phi) is 3.60. The predicted octanol–water partition coefficient (Wildman–Crippen LogP) is 3.07. The first-order valence-corrected chi connectivity index (χ1v) is 6.52. The minimum Gasteiger partial charge on any atom is -0.313 e. The topological polar surface area (TPSA) is 12.0 Å². The average molecular weight is 209 g/mol. The standard InChI is InChI=1S/C12H19NS/c1-2-11(13-9-10-5-6-10)8-12-4-3-7-14-12/h3-4,7,10-11,13H,2,5-6,8-9H2,1H3. The summed E-state index contributed by atoms with van der Waals surface area (Å²) >= 11 is 1.88. The minimum atomic E-state index is 0.689. The van der Waals surface area contributed by atoms with Gasteiger partial charge < -0.3 is 5.32 Å². The van der Waals surface area contributed by atoms with Crippen molar-refractivity contribution in [2.45, 2.75) is 38.6 Å². The highest BCUT2D eigenvalue weighted by atomic mass is 32.1. The van der Waals surface area contributed by atoms with Crippen molar-refractivity contribution in [2.75, 3.05) is 6.54 Å². The van der Waals surface area contributed by atoms with Crippen molar-refractivity contribution in [3.05, 3.63) is 22.4 Å². The van der Waals surface area contributed by atoms with Crippen molar-refractivity contribution in [2.24, 2.45) is 5.92 Å². The van der Waals surface area contributed by atoms with Crippen molar-refractivity contribution in [1.82, 2.24) is 5.32 Å². The lowest BCUT2D eigenvalue weighted by Gasteiger charge is -2.15. The molecule has 0 spiro atoms. The fourth-order valence-electron chi connectivity index (χ4n) is 1.69. The summed E-state index contributed by atoms with van der Waals surface area (Å²) in [5.41, 5.74) is 0. The van der Waals surface area contributed by atoms with Crippen LogP contribution in [-0.2, 0) is 6.42 Å². The van der Waals surface area contributed by atoms with Gasteiger partial charge in [0.2, 0.25) is 0 Å². The van der Waals surface area contributed by atoms with E-state index in [-0.39, 0.29) is 0 Å². The van der Waals surface area contributed by atoms with Crippen molar-refractivity contribution >= 4 is 11.3 Å². The smallest absolute Gasteiger partial charge is 0.0113 e. The first kappa shape index (κ1) is 10.2. The van der Waals surface area contributed by atoms with Gasteiger partial charge >= 0.3 is 0 Å². The molecule has 0 aromatic carbocycles. The minimum absolute atomic E-state index is 0.689. The molecule has 1 nitrogen and oxygen atoms in total. The van der Waals surface area contributed by atoms with Gasteiger partial charge in [0, 0.05) is 10.9 Å². The molecule has 78 valence electrons. The van der Waals surface area contributed by atoms with Crippen LogP contribution < -0.4 is 5.32 Å².